The Bertz CT molecular complexity index is 1200. The van der Waals surface area contributed by atoms with Crippen molar-refractivity contribution in [2.45, 2.75) is 12.6 Å². The van der Waals surface area contributed by atoms with Crippen LogP contribution in [-0.4, -0.2) is 18.2 Å². The molecular formula is C25H20ClFN2O3S. The number of methoxy groups -OCH3 is 1. The third kappa shape index (κ3) is 5.32. The summed E-state index contributed by atoms with van der Waals surface area (Å²) in [4.78, 5) is 12.8. The fourth-order valence-corrected chi connectivity index (χ4v) is 3.84. The lowest BCUT2D eigenvalue weighted by atomic mass is 9.93. The number of esters is 1. The number of nitrogens with one attached hydrogen (secondary N) is 2. The molecule has 0 radical (unpaired) electrons. The van der Waals surface area contributed by atoms with Crippen LogP contribution in [0.3, 0.4) is 0 Å². The molecule has 0 saturated heterocycles. The molecule has 0 amide bonds. The molecule has 3 aromatic rings. The van der Waals surface area contributed by atoms with Gasteiger partial charge in [-0.2, -0.15) is 0 Å². The van der Waals surface area contributed by atoms with Crippen LogP contribution in [0, 0.1) is 5.82 Å². The van der Waals surface area contributed by atoms with Gasteiger partial charge < -0.3 is 20.1 Å². The van der Waals surface area contributed by atoms with E-state index in [9.17, 15) is 9.18 Å². The number of hydrogen-bond donors (Lipinski definition) is 2. The highest BCUT2D eigenvalue weighted by Crippen LogP contribution is 2.33. The zero-order valence-corrected chi connectivity index (χ0v) is 19.2. The van der Waals surface area contributed by atoms with Gasteiger partial charge >= 0.3 is 5.97 Å². The third-order valence-corrected chi connectivity index (χ3v) is 5.61. The molecule has 0 saturated carbocycles. The molecule has 8 heteroatoms. The molecule has 1 heterocycles. The van der Waals surface area contributed by atoms with Gasteiger partial charge in [-0.3, -0.25) is 0 Å². The summed E-state index contributed by atoms with van der Waals surface area (Å²) in [5.74, 6) is -0.131. The molecule has 1 atom stereocenters. The zero-order chi connectivity index (χ0) is 23.4. The molecule has 4 rings (SSSR count). The van der Waals surface area contributed by atoms with Crippen LogP contribution in [0.4, 0.5) is 4.39 Å². The van der Waals surface area contributed by atoms with Gasteiger partial charge in [0, 0.05) is 5.02 Å². The summed E-state index contributed by atoms with van der Waals surface area (Å²) in [5, 5.41) is 7.20. The Labute approximate surface area is 201 Å². The van der Waals surface area contributed by atoms with Gasteiger partial charge in [0.1, 0.15) is 18.2 Å². The molecule has 0 aromatic heterocycles. The lowest BCUT2D eigenvalue weighted by molar-refractivity contribution is -0.136. The number of ether oxygens (including phenoxy) is 2. The predicted octanol–water partition coefficient (Wildman–Crippen LogP) is 5.16. The standard InChI is InChI=1S/C25H20ClFN2O3S/c1-31-24(30)21-22(16-4-8-18(26)9-5-16)28-25(33)29-23(21)17-6-12-20(13-7-17)32-14-15-2-10-19(27)11-3-15/h2-13,23H,14H2,1H3,(H2,28,29,33)/t23-/m1/s1. The molecule has 33 heavy (non-hydrogen) atoms. The molecule has 0 bridgehead atoms. The molecule has 0 fully saturated rings. The first-order valence-electron chi connectivity index (χ1n) is 10.1. The van der Waals surface area contributed by atoms with E-state index in [0.717, 1.165) is 16.7 Å². The average Bonchev–Trinajstić information content (AvgIpc) is 2.83. The minimum atomic E-state index is -0.525. The van der Waals surface area contributed by atoms with E-state index < -0.39 is 12.0 Å². The van der Waals surface area contributed by atoms with E-state index in [1.165, 1.54) is 19.2 Å². The predicted molar refractivity (Wildman–Crippen MR) is 129 cm³/mol. The van der Waals surface area contributed by atoms with Gasteiger partial charge in [-0.05, 0) is 65.3 Å². The summed E-state index contributed by atoms with van der Waals surface area (Å²) in [5.41, 5.74) is 3.37. The van der Waals surface area contributed by atoms with Crippen molar-refractivity contribution in [1.82, 2.24) is 10.6 Å². The van der Waals surface area contributed by atoms with Crippen LogP contribution in [-0.2, 0) is 16.1 Å². The van der Waals surface area contributed by atoms with Crippen molar-refractivity contribution in [3.63, 3.8) is 0 Å². The van der Waals surface area contributed by atoms with Gasteiger partial charge in [0.15, 0.2) is 5.11 Å². The Balaban J connectivity index is 1.62. The first kappa shape index (κ1) is 22.8. The summed E-state index contributed by atoms with van der Waals surface area (Å²) in [7, 11) is 1.34. The fraction of sp³-hybridized carbons (Fsp3) is 0.120. The highest BCUT2D eigenvalue weighted by Gasteiger charge is 2.32. The Morgan fingerprint density at radius 3 is 2.33 bits per heavy atom. The Morgan fingerprint density at radius 2 is 1.70 bits per heavy atom. The quantitative estimate of drug-likeness (QED) is 0.374. The molecule has 1 aliphatic rings. The largest absolute Gasteiger partial charge is 0.489 e. The Kier molecular flexibility index (Phi) is 6.91. The minimum Gasteiger partial charge on any atom is -0.489 e. The number of carbonyl (C=O) groups is 1. The van der Waals surface area contributed by atoms with E-state index >= 15 is 0 Å². The average molecular weight is 483 g/mol. The van der Waals surface area contributed by atoms with Crippen molar-refractivity contribution in [3.8, 4) is 5.75 Å². The van der Waals surface area contributed by atoms with Crippen molar-refractivity contribution >= 4 is 40.6 Å². The van der Waals surface area contributed by atoms with Gasteiger partial charge in [0.05, 0.1) is 24.4 Å². The molecule has 5 nitrogen and oxygen atoms in total. The molecule has 0 aliphatic carbocycles. The maximum absolute atomic E-state index is 13.1. The van der Waals surface area contributed by atoms with Crippen LogP contribution >= 0.6 is 23.8 Å². The van der Waals surface area contributed by atoms with Gasteiger partial charge in [-0.15, -0.1) is 0 Å². The molecule has 0 unspecified atom stereocenters. The van der Waals surface area contributed by atoms with Crippen LogP contribution in [0.5, 0.6) is 5.75 Å². The molecular weight excluding hydrogens is 463 g/mol. The van der Waals surface area contributed by atoms with Crippen molar-refractivity contribution in [1.29, 1.82) is 0 Å². The first-order chi connectivity index (χ1) is 15.9. The topological polar surface area (TPSA) is 59.6 Å². The van der Waals surface area contributed by atoms with E-state index in [1.807, 2.05) is 36.4 Å². The fourth-order valence-electron chi connectivity index (χ4n) is 3.49. The summed E-state index contributed by atoms with van der Waals surface area (Å²) in [6, 6.07) is 20.1. The minimum absolute atomic E-state index is 0.289. The summed E-state index contributed by atoms with van der Waals surface area (Å²) >= 11 is 11.4. The zero-order valence-electron chi connectivity index (χ0n) is 17.6. The van der Waals surface area contributed by atoms with Crippen LogP contribution in [0.1, 0.15) is 22.7 Å². The van der Waals surface area contributed by atoms with Gasteiger partial charge in [-0.25, -0.2) is 9.18 Å². The second kappa shape index (κ2) is 10.0. The van der Waals surface area contributed by atoms with E-state index in [4.69, 9.17) is 33.3 Å². The number of rotatable bonds is 6. The maximum atomic E-state index is 13.1. The SMILES string of the molecule is COC(=O)C1=C(c2ccc(Cl)cc2)NC(=S)N[C@@H]1c1ccc(OCc2ccc(F)cc2)cc1. The second-order valence-corrected chi connectivity index (χ2v) is 8.15. The molecule has 3 aromatic carbocycles. The van der Waals surface area contributed by atoms with Gasteiger partial charge in [-0.1, -0.05) is 48.0 Å². The summed E-state index contributed by atoms with van der Waals surface area (Å²) < 4.78 is 23.9. The van der Waals surface area contributed by atoms with Crippen LogP contribution in [0.15, 0.2) is 78.4 Å². The number of halogens is 2. The van der Waals surface area contributed by atoms with Crippen molar-refractivity contribution in [2.75, 3.05) is 7.11 Å². The number of hydrogen-bond acceptors (Lipinski definition) is 4. The van der Waals surface area contributed by atoms with Crippen LogP contribution < -0.4 is 15.4 Å². The van der Waals surface area contributed by atoms with Crippen LogP contribution in [0.25, 0.3) is 5.70 Å². The highest BCUT2D eigenvalue weighted by molar-refractivity contribution is 7.80. The van der Waals surface area contributed by atoms with E-state index in [2.05, 4.69) is 10.6 Å². The van der Waals surface area contributed by atoms with Crippen molar-refractivity contribution in [2.24, 2.45) is 0 Å². The number of carbonyl (C=O) groups excluding carboxylic acids is 1. The maximum Gasteiger partial charge on any atom is 0.338 e. The first-order valence-corrected chi connectivity index (χ1v) is 10.9. The second-order valence-electron chi connectivity index (χ2n) is 7.30. The smallest absolute Gasteiger partial charge is 0.338 e. The van der Waals surface area contributed by atoms with E-state index in [0.29, 0.717) is 33.8 Å². The molecule has 168 valence electrons. The molecule has 0 spiro atoms. The lowest BCUT2D eigenvalue weighted by Gasteiger charge is -2.31. The van der Waals surface area contributed by atoms with E-state index in [1.54, 1.807) is 24.3 Å². The monoisotopic (exact) mass is 482 g/mol. The van der Waals surface area contributed by atoms with Crippen LogP contribution in [0.2, 0.25) is 5.02 Å². The van der Waals surface area contributed by atoms with E-state index in [-0.39, 0.29) is 5.82 Å². The number of thiocarbonyl (C=S) groups is 1. The van der Waals surface area contributed by atoms with Gasteiger partial charge in [0.2, 0.25) is 0 Å². The normalized spacial score (nSPS) is 15.5. The van der Waals surface area contributed by atoms with Crippen molar-refractivity contribution in [3.05, 3.63) is 106 Å². The molecule has 2 N–H and O–H groups in total. The Morgan fingerprint density at radius 1 is 1.03 bits per heavy atom. The molecule has 1 aliphatic heterocycles. The van der Waals surface area contributed by atoms with Gasteiger partial charge in [0.25, 0.3) is 0 Å². The number of benzene rings is 3. The van der Waals surface area contributed by atoms with Crippen molar-refractivity contribution < 1.29 is 18.7 Å². The summed E-state index contributed by atoms with van der Waals surface area (Å²) in [6.45, 7) is 0.309. The lowest BCUT2D eigenvalue weighted by Crippen LogP contribution is -2.45. The third-order valence-electron chi connectivity index (χ3n) is 5.14. The summed E-state index contributed by atoms with van der Waals surface area (Å²) in [6.07, 6.45) is 0. The highest BCUT2D eigenvalue weighted by atomic mass is 35.5. The Hall–Kier alpha value is -3.42.